The minimum absolute atomic E-state index is 0.0167. The van der Waals surface area contributed by atoms with Crippen LogP contribution in [0.4, 0.5) is 22.7 Å². The maximum atomic E-state index is 14.6. The van der Waals surface area contributed by atoms with E-state index in [1.165, 1.54) is 88.1 Å². The van der Waals surface area contributed by atoms with E-state index in [-0.39, 0.29) is 156 Å². The molecule has 5 atom stereocenters. The van der Waals surface area contributed by atoms with Crippen LogP contribution in [0.15, 0.2) is 103 Å². The van der Waals surface area contributed by atoms with Gasteiger partial charge >= 0.3 is 5.97 Å². The SMILES string of the molecule is COc1ccc(NC(=O)[C@H](CCCNC(=N)N)NC(=O)c2cc(NC(=O)[C@H](CCCCNC(=N)N)NC(=O)c3cc(NC(=O)[C@H](CCCNC(=N)N)NC(=O)c4cc(NC(=O)[C@@H](N)CCCCNC(=N)N)ccc4OC)ccc3OC)ccc2OCC(=O)O)cc1C(=O)N[C@@H](Cc1c[nH]c2ccccc12)C(N)=O. The number of aliphatic carboxylic acids is 1. The highest BCUT2D eigenvalue weighted by molar-refractivity contribution is 6.08. The Labute approximate surface area is 620 Å². The van der Waals surface area contributed by atoms with Crippen molar-refractivity contribution in [2.45, 2.75) is 101 Å². The van der Waals surface area contributed by atoms with Gasteiger partial charge in [-0.15, -0.1) is 0 Å². The van der Waals surface area contributed by atoms with Crippen LogP contribution in [-0.4, -0.2) is 177 Å². The van der Waals surface area contributed by atoms with Gasteiger partial charge in [0.15, 0.2) is 30.4 Å². The van der Waals surface area contributed by atoms with Gasteiger partial charge in [-0.3, -0.25) is 64.8 Å². The molecule has 108 heavy (non-hydrogen) atoms. The van der Waals surface area contributed by atoms with Gasteiger partial charge in [0.05, 0.1) is 49.6 Å². The summed E-state index contributed by atoms with van der Waals surface area (Å²) in [5.74, 6) is -10.2. The predicted octanol–water partition coefficient (Wildman–Crippen LogP) is 0.794. The van der Waals surface area contributed by atoms with Crippen molar-refractivity contribution in [3.8, 4) is 23.0 Å². The molecule has 0 radical (unpaired) electrons. The van der Waals surface area contributed by atoms with Gasteiger partial charge in [-0.05, 0) is 149 Å². The molecule has 1 aromatic heterocycles. The summed E-state index contributed by atoms with van der Waals surface area (Å²) in [6, 6.07) is 17.1. The molecule has 6 rings (SSSR count). The average molecular weight is 1500 g/mol. The van der Waals surface area contributed by atoms with Gasteiger partial charge < -0.3 is 127 Å². The number of rotatable bonds is 43. The zero-order chi connectivity index (χ0) is 79.0. The number of H-pyrrole nitrogens is 1. The van der Waals surface area contributed by atoms with Crippen LogP contribution in [0, 0.1) is 21.6 Å². The summed E-state index contributed by atoms with van der Waals surface area (Å²) >= 11 is 0. The molecule has 0 aliphatic heterocycles. The highest BCUT2D eigenvalue weighted by atomic mass is 16.5. The molecule has 5 aromatic carbocycles. The number of para-hydroxylation sites is 1. The number of methoxy groups -OCH3 is 3. The van der Waals surface area contributed by atoms with Gasteiger partial charge in [0.25, 0.3) is 23.6 Å². The Bertz CT molecular complexity index is 4270. The lowest BCUT2D eigenvalue weighted by molar-refractivity contribution is -0.139. The van der Waals surface area contributed by atoms with E-state index in [0.717, 1.165) is 17.0 Å². The fraction of sp³-hybridized carbons (Fsp3) is 0.343. The Hall–Kier alpha value is -13.4. The van der Waals surface area contributed by atoms with E-state index in [4.69, 9.17) is 75.0 Å². The van der Waals surface area contributed by atoms with Gasteiger partial charge in [-0.1, -0.05) is 18.2 Å². The molecule has 0 aliphatic rings. The minimum Gasteiger partial charge on any atom is -0.496 e. The number of carboxylic acid groups (broad SMARTS) is 1. The number of carbonyl (C=O) groups excluding carboxylic acids is 9. The van der Waals surface area contributed by atoms with Crippen LogP contribution in [0.25, 0.3) is 10.9 Å². The van der Waals surface area contributed by atoms with Crippen molar-refractivity contribution in [1.82, 2.24) is 47.5 Å². The third kappa shape index (κ3) is 26.4. The third-order valence-electron chi connectivity index (χ3n) is 16.4. The Kier molecular flexibility index (Phi) is 32.3. The molecule has 1 heterocycles. The van der Waals surface area contributed by atoms with E-state index in [2.05, 4.69) is 68.8 Å². The first-order valence-electron chi connectivity index (χ1n) is 34.0. The number of amides is 9. The van der Waals surface area contributed by atoms with Crippen LogP contribution in [0.2, 0.25) is 0 Å². The van der Waals surface area contributed by atoms with Crippen LogP contribution in [0.1, 0.15) is 111 Å². The monoisotopic (exact) mass is 1500 g/mol. The molecule has 0 bridgehead atoms. The van der Waals surface area contributed by atoms with Crippen molar-refractivity contribution in [2.75, 3.05) is 75.4 Å². The molecule has 0 saturated carbocycles. The molecular formula is C70H93N23O15. The summed E-state index contributed by atoms with van der Waals surface area (Å²) < 4.78 is 22.0. The van der Waals surface area contributed by atoms with E-state index in [0.29, 0.717) is 37.8 Å². The largest absolute Gasteiger partial charge is 0.496 e. The molecule has 6 aromatic rings. The average Bonchev–Trinajstić information content (AvgIpc) is 1.35. The first kappa shape index (κ1) is 83.5. The molecule has 30 N–H and O–H groups in total. The maximum absolute atomic E-state index is 14.6. The van der Waals surface area contributed by atoms with E-state index in [9.17, 15) is 53.1 Å². The topological polar surface area (TPSA) is 640 Å². The molecule has 0 aliphatic carbocycles. The fourth-order valence-electron chi connectivity index (χ4n) is 11.0. The number of anilines is 4. The second kappa shape index (κ2) is 41.8. The minimum atomic E-state index is -1.44. The number of hydrogen-bond acceptors (Lipinski definition) is 19. The number of hydrogen-bond donors (Lipinski definition) is 24. The zero-order valence-corrected chi connectivity index (χ0v) is 59.6. The van der Waals surface area contributed by atoms with Gasteiger partial charge in [0.2, 0.25) is 29.5 Å². The number of fused-ring (bicyclic) bond motifs is 1. The summed E-state index contributed by atoms with van der Waals surface area (Å²) in [5, 5.41) is 72.7. The number of carboxylic acids is 1. The van der Waals surface area contributed by atoms with Crippen molar-refractivity contribution in [3.63, 3.8) is 0 Å². The highest BCUT2D eigenvalue weighted by Gasteiger charge is 2.31. The molecule has 0 fully saturated rings. The number of unbranched alkanes of at least 4 members (excludes halogenated alkanes) is 2. The normalized spacial score (nSPS) is 12.1. The molecule has 0 unspecified atom stereocenters. The maximum Gasteiger partial charge on any atom is 0.341 e. The van der Waals surface area contributed by atoms with Crippen LogP contribution in [-0.2, 0) is 35.2 Å². The van der Waals surface area contributed by atoms with Gasteiger partial charge in [0, 0.05) is 72.4 Å². The zero-order valence-electron chi connectivity index (χ0n) is 59.6. The molecule has 9 amide bonds. The summed E-state index contributed by atoms with van der Waals surface area (Å²) in [4.78, 5) is 142. The molecule has 0 saturated heterocycles. The first-order valence-corrected chi connectivity index (χ1v) is 34.0. The van der Waals surface area contributed by atoms with Gasteiger partial charge in [0.1, 0.15) is 47.2 Å². The van der Waals surface area contributed by atoms with E-state index >= 15 is 0 Å². The number of carbonyl (C=O) groups is 10. The van der Waals surface area contributed by atoms with Crippen LogP contribution in [0.5, 0.6) is 23.0 Å². The fourth-order valence-corrected chi connectivity index (χ4v) is 11.0. The highest BCUT2D eigenvalue weighted by Crippen LogP contribution is 2.29. The van der Waals surface area contributed by atoms with Crippen molar-refractivity contribution in [3.05, 3.63) is 131 Å². The lowest BCUT2D eigenvalue weighted by Gasteiger charge is -2.22. The van der Waals surface area contributed by atoms with Crippen molar-refractivity contribution in [1.29, 1.82) is 21.6 Å². The second-order valence-electron chi connectivity index (χ2n) is 24.4. The van der Waals surface area contributed by atoms with Crippen LogP contribution < -0.4 is 117 Å². The third-order valence-corrected chi connectivity index (χ3v) is 16.4. The van der Waals surface area contributed by atoms with Crippen LogP contribution >= 0.6 is 0 Å². The molecule has 38 nitrogen and oxygen atoms in total. The molecule has 578 valence electrons. The summed E-state index contributed by atoms with van der Waals surface area (Å²) in [6.45, 7) is -0.152. The van der Waals surface area contributed by atoms with Crippen molar-refractivity contribution < 1.29 is 72.0 Å². The van der Waals surface area contributed by atoms with E-state index in [1.807, 2.05) is 24.3 Å². The quantitative estimate of drug-likeness (QED) is 0.0143. The molecule has 0 spiro atoms. The van der Waals surface area contributed by atoms with E-state index in [1.54, 1.807) is 6.20 Å². The van der Waals surface area contributed by atoms with E-state index < -0.39 is 96.0 Å². The smallest absolute Gasteiger partial charge is 0.341 e. The number of aromatic nitrogens is 1. The Morgan fingerprint density at radius 1 is 0.435 bits per heavy atom. The number of nitrogens with two attached hydrogens (primary N) is 6. The summed E-state index contributed by atoms with van der Waals surface area (Å²) in [6.07, 6.45) is 3.80. The number of benzene rings is 5. The van der Waals surface area contributed by atoms with Crippen LogP contribution in [0.3, 0.4) is 0 Å². The van der Waals surface area contributed by atoms with Crippen molar-refractivity contribution >= 4 is 117 Å². The first-order chi connectivity index (χ1) is 51.6. The number of ether oxygens (including phenoxy) is 4. The van der Waals surface area contributed by atoms with Crippen molar-refractivity contribution in [2.24, 2.45) is 34.4 Å². The predicted molar refractivity (Wildman–Crippen MR) is 403 cm³/mol. The molecular weight excluding hydrogens is 1400 g/mol. The van der Waals surface area contributed by atoms with Gasteiger partial charge in [-0.25, -0.2) is 4.79 Å². The summed E-state index contributed by atoms with van der Waals surface area (Å²) in [5.41, 5.74) is 34.7. The summed E-state index contributed by atoms with van der Waals surface area (Å²) in [7, 11) is 3.89. The lowest BCUT2D eigenvalue weighted by atomic mass is 10.0. The number of nitrogens with one attached hydrogen (secondary N) is 17. The van der Waals surface area contributed by atoms with Gasteiger partial charge in [-0.2, -0.15) is 0 Å². The lowest BCUT2D eigenvalue weighted by Crippen LogP contribution is -2.46. The number of guanidine groups is 4. The number of aromatic amines is 1. The Balaban J connectivity index is 1.23. The standard InChI is InChI=1S/C70H93N23O15/c1-105-53-22-18-38(86-63(101)47(71)13-6-8-26-81-67(73)74)31-43(53)60(98)91-50(16-10-28-83-69(77)78)65(103)87-39-19-23-54(106-2)44(32-39)59(97)90-49(15-7-9-27-82-68(75)76)64(102)89-41-21-25-56(108-36-57(94)95)46(34-41)62(100)92-51(17-11-29-84-70(79)80)66(104)88-40-20-24-55(107-3)45(33-40)61(99)93-52(58(72)96)30-37-35-85-48-14-5-4-12-42(37)48/h4-5,12,14,18-25,31-35,47,49-52,85H,6-11,13,15-17,26-30,36,71H2,1-3H3,(H2,72,96)(H,86,101)(H,87,103)(H,88,104)(H,89,102)(H,90,97)(H,91,98)(H,92,100)(H,93,99)(H,94,95)(H4,73,74,81)(H4,75,76,82)(H4,77,78,83)(H4,79,80,84)/t47-,49-,50-,51-,52-/m0/s1. The Morgan fingerprint density at radius 2 is 0.778 bits per heavy atom. The number of primary amides is 1. The second-order valence-corrected chi connectivity index (χ2v) is 24.4. The molecule has 38 heteroatoms. The Morgan fingerprint density at radius 3 is 1.16 bits per heavy atom.